The third-order valence-electron chi connectivity index (χ3n) is 7.82. The Balaban J connectivity index is 1.31. The molecule has 2 aromatic carbocycles. The van der Waals surface area contributed by atoms with Gasteiger partial charge in [-0.1, -0.05) is 6.07 Å². The highest BCUT2D eigenvalue weighted by atomic mass is 19.1. The molecule has 4 heterocycles. The highest BCUT2D eigenvalue weighted by Crippen LogP contribution is 2.39. The van der Waals surface area contributed by atoms with Crippen molar-refractivity contribution in [3.63, 3.8) is 0 Å². The number of phenols is 1. The van der Waals surface area contributed by atoms with Crippen molar-refractivity contribution < 1.29 is 37.8 Å². The van der Waals surface area contributed by atoms with Crippen molar-refractivity contribution >= 4 is 17.7 Å². The maximum absolute atomic E-state index is 13.5. The van der Waals surface area contributed by atoms with Crippen LogP contribution >= 0.6 is 0 Å². The summed E-state index contributed by atoms with van der Waals surface area (Å²) in [5, 5.41) is 16.2. The molecule has 0 aliphatic carbocycles. The smallest absolute Gasteiger partial charge is 0.270 e. The molecule has 232 valence electrons. The van der Waals surface area contributed by atoms with Crippen molar-refractivity contribution in [2.75, 3.05) is 13.7 Å². The summed E-state index contributed by atoms with van der Waals surface area (Å²) in [5.74, 6) is -0.242. The van der Waals surface area contributed by atoms with Gasteiger partial charge in [0.2, 0.25) is 17.7 Å². The van der Waals surface area contributed by atoms with Crippen LogP contribution in [0.1, 0.15) is 40.3 Å². The number of aromatic hydroxyl groups is 1. The zero-order valence-corrected chi connectivity index (χ0v) is 24.5. The number of fused-ring (bicyclic) bond motifs is 8. The zero-order valence-electron chi connectivity index (χ0n) is 24.5. The van der Waals surface area contributed by atoms with Crippen molar-refractivity contribution in [3.05, 3.63) is 83.3 Å². The molecule has 3 amide bonds. The van der Waals surface area contributed by atoms with Crippen LogP contribution in [0.5, 0.6) is 23.0 Å². The van der Waals surface area contributed by atoms with Gasteiger partial charge in [-0.05, 0) is 67.8 Å². The first-order valence-corrected chi connectivity index (χ1v) is 14.3. The van der Waals surface area contributed by atoms with E-state index in [1.54, 1.807) is 37.3 Å². The number of phenolic OH excluding ortho intramolecular Hbond substituents is 1. The van der Waals surface area contributed by atoms with Gasteiger partial charge in [0.25, 0.3) is 5.91 Å². The fourth-order valence-electron chi connectivity index (χ4n) is 5.44. The number of oxazole rings is 1. The van der Waals surface area contributed by atoms with E-state index in [0.29, 0.717) is 40.5 Å². The van der Waals surface area contributed by atoms with E-state index in [1.165, 1.54) is 24.1 Å². The van der Waals surface area contributed by atoms with Crippen LogP contribution < -0.4 is 20.1 Å². The van der Waals surface area contributed by atoms with E-state index in [4.69, 9.17) is 13.9 Å². The van der Waals surface area contributed by atoms with Crippen LogP contribution in [-0.2, 0) is 22.6 Å². The molecule has 6 bridgehead atoms. The van der Waals surface area contributed by atoms with Gasteiger partial charge >= 0.3 is 0 Å². The molecule has 0 radical (unpaired) electrons. The van der Waals surface area contributed by atoms with Crippen LogP contribution in [0, 0.1) is 12.7 Å². The fourth-order valence-corrected chi connectivity index (χ4v) is 5.44. The van der Waals surface area contributed by atoms with Crippen LogP contribution in [-0.4, -0.2) is 63.4 Å². The van der Waals surface area contributed by atoms with Crippen LogP contribution in [0.15, 0.2) is 59.1 Å². The van der Waals surface area contributed by atoms with Crippen LogP contribution in [0.25, 0.3) is 11.5 Å². The molecular weight excluding hydrogens is 585 g/mol. The lowest BCUT2D eigenvalue weighted by Crippen LogP contribution is -2.46. The Hall–Kier alpha value is -5.46. The van der Waals surface area contributed by atoms with E-state index in [2.05, 4.69) is 20.6 Å². The highest BCUT2D eigenvalue weighted by Gasteiger charge is 2.40. The monoisotopic (exact) mass is 615 g/mol. The van der Waals surface area contributed by atoms with E-state index < -0.39 is 29.7 Å². The van der Waals surface area contributed by atoms with Crippen molar-refractivity contribution in [1.29, 1.82) is 0 Å². The summed E-state index contributed by atoms with van der Waals surface area (Å²) in [6, 6.07) is 10.9. The predicted octanol–water partition coefficient (Wildman–Crippen LogP) is 3.65. The molecule has 45 heavy (non-hydrogen) atoms. The standard InChI is InChI=1S/C32H30FN5O7/c1-17-23-15-35-31(42)24-13-21(36-30(41)22-7-6-20(33)14-34-22)16-38(24)29(40)10-4-18-3-8-25(39)27(11-18)45-28-12-19(32(37-23)44-17)5-9-26(28)43-2/h3,5-9,11-12,14,21,24,39H,4,10,13,15-16H2,1-2H3,(H,35,42)(H,36,41)/t21-,24-/m0/s1. The van der Waals surface area contributed by atoms with Gasteiger partial charge in [0.15, 0.2) is 23.0 Å². The van der Waals surface area contributed by atoms with Crippen molar-refractivity contribution in [2.45, 2.75) is 44.8 Å². The Kier molecular flexibility index (Phi) is 8.07. The lowest BCUT2D eigenvalue weighted by Gasteiger charge is -2.24. The maximum Gasteiger partial charge on any atom is 0.270 e. The number of carbonyl (C=O) groups excluding carboxylic acids is 3. The number of rotatable bonds is 3. The number of halogens is 1. The molecule has 2 aromatic heterocycles. The summed E-state index contributed by atoms with van der Waals surface area (Å²) < 4.78 is 30.7. The summed E-state index contributed by atoms with van der Waals surface area (Å²) in [6.07, 6.45) is 1.46. The number of benzene rings is 2. The molecule has 4 aromatic rings. The second-order valence-corrected chi connectivity index (χ2v) is 10.8. The molecule has 6 rings (SSSR count). The number of hydrogen-bond donors (Lipinski definition) is 3. The lowest BCUT2D eigenvalue weighted by molar-refractivity contribution is -0.138. The fraction of sp³-hybridized carbons (Fsp3) is 0.281. The number of amides is 3. The second kappa shape index (κ2) is 12.3. The average Bonchev–Trinajstić information content (AvgIpc) is 3.63. The number of carbonyl (C=O) groups is 3. The lowest BCUT2D eigenvalue weighted by atomic mass is 10.1. The molecule has 12 nitrogen and oxygen atoms in total. The number of hydrogen-bond acceptors (Lipinski definition) is 9. The average molecular weight is 616 g/mol. The molecule has 13 heteroatoms. The maximum atomic E-state index is 13.5. The summed E-state index contributed by atoms with van der Waals surface area (Å²) in [7, 11) is 1.50. The Bertz CT molecular complexity index is 1770. The molecule has 1 fully saturated rings. The summed E-state index contributed by atoms with van der Waals surface area (Å²) in [5.41, 5.74) is 1.81. The number of pyridine rings is 1. The van der Waals surface area contributed by atoms with E-state index in [1.807, 2.05) is 0 Å². The SMILES string of the molecule is COc1ccc2cc1Oc1cc(ccc1O)CCC(=O)N1C[C@@H](NC(=O)c3ccc(F)cn3)C[C@H]1C(=O)NCc1nc-2oc1C. The number of aryl methyl sites for hydroxylation is 2. The van der Waals surface area contributed by atoms with Gasteiger partial charge in [-0.3, -0.25) is 14.4 Å². The topological polar surface area (TPSA) is 156 Å². The van der Waals surface area contributed by atoms with Gasteiger partial charge in [-0.2, -0.15) is 0 Å². The molecule has 3 N–H and O–H groups in total. The van der Waals surface area contributed by atoms with E-state index in [0.717, 1.165) is 12.3 Å². The number of nitrogens with one attached hydrogen (secondary N) is 2. The normalized spacial score (nSPS) is 18.2. The number of aromatic nitrogens is 2. The van der Waals surface area contributed by atoms with Crippen LogP contribution in [0.3, 0.4) is 0 Å². The van der Waals surface area contributed by atoms with Crippen LogP contribution in [0.4, 0.5) is 4.39 Å². The molecule has 0 unspecified atom stereocenters. The first kappa shape index (κ1) is 29.6. The van der Waals surface area contributed by atoms with Gasteiger partial charge < -0.3 is 34.5 Å². The minimum absolute atomic E-state index is 0.0186. The first-order valence-electron chi connectivity index (χ1n) is 14.3. The number of ether oxygens (including phenoxy) is 2. The summed E-state index contributed by atoms with van der Waals surface area (Å²) in [4.78, 5) is 49.7. The van der Waals surface area contributed by atoms with Gasteiger partial charge in [-0.15, -0.1) is 0 Å². The molecule has 2 atom stereocenters. The number of methoxy groups -OCH3 is 1. The molecule has 2 aliphatic rings. The quantitative estimate of drug-likeness (QED) is 0.313. The molecular formula is C32H30FN5O7. The Morgan fingerprint density at radius 1 is 1.13 bits per heavy atom. The Morgan fingerprint density at radius 2 is 1.98 bits per heavy atom. The minimum Gasteiger partial charge on any atom is -0.504 e. The third kappa shape index (κ3) is 6.28. The first-order chi connectivity index (χ1) is 21.7. The molecule has 1 saturated heterocycles. The van der Waals surface area contributed by atoms with Gasteiger partial charge in [0.05, 0.1) is 19.9 Å². The van der Waals surface area contributed by atoms with E-state index in [-0.39, 0.29) is 54.9 Å². The van der Waals surface area contributed by atoms with Crippen molar-refractivity contribution in [1.82, 2.24) is 25.5 Å². The third-order valence-corrected chi connectivity index (χ3v) is 7.82. The van der Waals surface area contributed by atoms with Crippen molar-refractivity contribution in [3.8, 4) is 34.5 Å². The summed E-state index contributed by atoms with van der Waals surface area (Å²) >= 11 is 0. The minimum atomic E-state index is -0.864. The van der Waals surface area contributed by atoms with Gasteiger partial charge in [0.1, 0.15) is 29.0 Å². The summed E-state index contributed by atoms with van der Waals surface area (Å²) in [6.45, 7) is 1.86. The van der Waals surface area contributed by atoms with E-state index in [9.17, 15) is 23.9 Å². The van der Waals surface area contributed by atoms with E-state index >= 15 is 0 Å². The molecule has 0 spiro atoms. The highest BCUT2D eigenvalue weighted by molar-refractivity contribution is 5.93. The molecule has 2 aliphatic heterocycles. The Labute approximate surface area is 257 Å². The van der Waals surface area contributed by atoms with Crippen LogP contribution in [0.2, 0.25) is 0 Å². The van der Waals surface area contributed by atoms with Crippen molar-refractivity contribution in [2.24, 2.45) is 0 Å². The second-order valence-electron chi connectivity index (χ2n) is 10.8. The largest absolute Gasteiger partial charge is 0.504 e. The van der Waals surface area contributed by atoms with Gasteiger partial charge in [0, 0.05) is 24.6 Å². The Morgan fingerprint density at radius 3 is 2.76 bits per heavy atom. The number of nitrogens with zero attached hydrogens (tertiary/aromatic N) is 3. The predicted molar refractivity (Wildman–Crippen MR) is 157 cm³/mol. The van der Waals surface area contributed by atoms with Gasteiger partial charge in [-0.25, -0.2) is 14.4 Å². The zero-order chi connectivity index (χ0) is 31.7. The molecule has 0 saturated carbocycles.